The predicted octanol–water partition coefficient (Wildman–Crippen LogP) is 2.40. The Hall–Kier alpha value is -1.16. The van der Waals surface area contributed by atoms with Crippen molar-refractivity contribution in [3.05, 3.63) is 29.8 Å². The molecule has 0 spiro atoms. The zero-order valence-electron chi connectivity index (χ0n) is 8.89. The van der Waals surface area contributed by atoms with Crippen molar-refractivity contribution in [3.8, 4) is 5.75 Å². The number of methoxy groups -OCH3 is 1. The minimum Gasteiger partial charge on any atom is -0.497 e. The summed E-state index contributed by atoms with van der Waals surface area (Å²) < 4.78 is 31.9. The minimum atomic E-state index is -2.78. The lowest BCUT2D eigenvalue weighted by Crippen LogP contribution is -2.20. The minimum absolute atomic E-state index is 0.0264. The van der Waals surface area contributed by atoms with Crippen molar-refractivity contribution in [1.29, 1.82) is 0 Å². The lowest BCUT2D eigenvalue weighted by Gasteiger charge is -2.16. The monoisotopic (exact) mass is 215 g/mol. The number of halogens is 2. The van der Waals surface area contributed by atoms with Gasteiger partial charge in [0.25, 0.3) is 5.92 Å². The maximum absolute atomic E-state index is 13.5. The highest BCUT2D eigenvalue weighted by molar-refractivity contribution is 5.29. The number of benzene rings is 1. The van der Waals surface area contributed by atoms with Crippen LogP contribution in [-0.2, 0) is 5.92 Å². The van der Waals surface area contributed by atoms with Crippen LogP contribution < -0.4 is 10.1 Å². The molecule has 0 aromatic heterocycles. The third kappa shape index (κ3) is 3.16. The number of alkyl halides is 2. The Morgan fingerprint density at radius 3 is 2.33 bits per heavy atom. The van der Waals surface area contributed by atoms with Crippen LogP contribution >= 0.6 is 0 Å². The Labute approximate surface area is 88.3 Å². The van der Waals surface area contributed by atoms with Crippen molar-refractivity contribution >= 4 is 0 Å². The summed E-state index contributed by atoms with van der Waals surface area (Å²) in [5, 5.41) is 2.71. The van der Waals surface area contributed by atoms with Gasteiger partial charge in [-0.1, -0.05) is 0 Å². The van der Waals surface area contributed by atoms with E-state index in [-0.39, 0.29) is 12.0 Å². The second-order valence-electron chi connectivity index (χ2n) is 3.29. The fraction of sp³-hybridized carbons (Fsp3) is 0.455. The van der Waals surface area contributed by atoms with E-state index in [0.29, 0.717) is 12.3 Å². The Bertz CT molecular complexity index is 298. The van der Waals surface area contributed by atoms with E-state index < -0.39 is 5.92 Å². The number of hydrogen-bond acceptors (Lipinski definition) is 2. The van der Waals surface area contributed by atoms with Crippen LogP contribution in [0.2, 0.25) is 0 Å². The van der Waals surface area contributed by atoms with Crippen LogP contribution in [-0.4, -0.2) is 20.7 Å². The molecule has 0 amide bonds. The molecule has 4 heteroatoms. The first kappa shape index (κ1) is 11.9. The quantitative estimate of drug-likeness (QED) is 0.814. The largest absolute Gasteiger partial charge is 0.497 e. The van der Waals surface area contributed by atoms with Gasteiger partial charge in [-0.2, -0.15) is 0 Å². The van der Waals surface area contributed by atoms with Crippen molar-refractivity contribution in [2.45, 2.75) is 12.3 Å². The maximum atomic E-state index is 13.5. The molecule has 1 aromatic carbocycles. The molecule has 0 aliphatic rings. The van der Waals surface area contributed by atoms with Crippen molar-refractivity contribution < 1.29 is 13.5 Å². The van der Waals surface area contributed by atoms with E-state index in [1.807, 2.05) is 0 Å². The molecule has 2 nitrogen and oxygen atoms in total. The van der Waals surface area contributed by atoms with Gasteiger partial charge in [0.05, 0.1) is 7.11 Å². The number of rotatable bonds is 5. The van der Waals surface area contributed by atoms with Crippen molar-refractivity contribution in [3.63, 3.8) is 0 Å². The first-order valence-electron chi connectivity index (χ1n) is 4.77. The standard InChI is InChI=1S/C11H15F2NO/c1-14-8-7-11(12,13)9-3-5-10(15-2)6-4-9/h3-6,14H,7-8H2,1-2H3. The van der Waals surface area contributed by atoms with Crippen LogP contribution in [0.5, 0.6) is 5.75 Å². The molecule has 0 heterocycles. The number of ether oxygens (including phenoxy) is 1. The van der Waals surface area contributed by atoms with Crippen molar-refractivity contribution in [2.75, 3.05) is 20.7 Å². The van der Waals surface area contributed by atoms with Gasteiger partial charge < -0.3 is 10.1 Å². The molecule has 0 fully saturated rings. The van der Waals surface area contributed by atoms with E-state index in [2.05, 4.69) is 5.32 Å². The normalized spacial score (nSPS) is 11.5. The zero-order chi connectivity index (χ0) is 11.3. The lowest BCUT2D eigenvalue weighted by molar-refractivity contribution is -0.0123. The molecule has 0 radical (unpaired) electrons. The fourth-order valence-electron chi connectivity index (χ4n) is 1.26. The highest BCUT2D eigenvalue weighted by atomic mass is 19.3. The average Bonchev–Trinajstić information content (AvgIpc) is 2.26. The van der Waals surface area contributed by atoms with Gasteiger partial charge in [0.2, 0.25) is 0 Å². The van der Waals surface area contributed by atoms with Crippen LogP contribution in [0.25, 0.3) is 0 Å². The summed E-state index contributed by atoms with van der Waals surface area (Å²) in [6.45, 7) is 0.291. The van der Waals surface area contributed by atoms with E-state index in [1.165, 1.54) is 19.2 Å². The summed E-state index contributed by atoms with van der Waals surface area (Å²) >= 11 is 0. The van der Waals surface area contributed by atoms with Crippen LogP contribution in [0.15, 0.2) is 24.3 Å². The Morgan fingerprint density at radius 2 is 1.87 bits per heavy atom. The Kier molecular flexibility index (Phi) is 4.03. The molecule has 1 rings (SSSR count). The Morgan fingerprint density at radius 1 is 1.27 bits per heavy atom. The lowest BCUT2D eigenvalue weighted by atomic mass is 10.1. The smallest absolute Gasteiger partial charge is 0.274 e. The molecule has 0 atom stereocenters. The summed E-state index contributed by atoms with van der Waals surface area (Å²) in [6.07, 6.45) is -0.199. The van der Waals surface area contributed by atoms with Crippen LogP contribution in [0.1, 0.15) is 12.0 Å². The molecule has 1 aromatic rings. The molecule has 0 aliphatic carbocycles. The van der Waals surface area contributed by atoms with E-state index >= 15 is 0 Å². The molecule has 15 heavy (non-hydrogen) atoms. The van der Waals surface area contributed by atoms with Gasteiger partial charge in [-0.3, -0.25) is 0 Å². The van der Waals surface area contributed by atoms with Gasteiger partial charge in [-0.05, 0) is 31.3 Å². The van der Waals surface area contributed by atoms with Crippen LogP contribution in [0.3, 0.4) is 0 Å². The van der Waals surface area contributed by atoms with Crippen LogP contribution in [0, 0.1) is 0 Å². The molecule has 0 saturated heterocycles. The van der Waals surface area contributed by atoms with Gasteiger partial charge in [-0.25, -0.2) is 8.78 Å². The molecule has 1 N–H and O–H groups in total. The van der Waals surface area contributed by atoms with Crippen molar-refractivity contribution in [1.82, 2.24) is 5.32 Å². The van der Waals surface area contributed by atoms with Gasteiger partial charge >= 0.3 is 0 Å². The highest BCUT2D eigenvalue weighted by Gasteiger charge is 2.30. The summed E-state index contributed by atoms with van der Waals surface area (Å²) in [6, 6.07) is 5.88. The van der Waals surface area contributed by atoms with Crippen LogP contribution in [0.4, 0.5) is 8.78 Å². The van der Waals surface area contributed by atoms with Crippen molar-refractivity contribution in [2.24, 2.45) is 0 Å². The Balaban J connectivity index is 2.75. The fourth-order valence-corrected chi connectivity index (χ4v) is 1.26. The third-order valence-electron chi connectivity index (χ3n) is 2.20. The summed E-state index contributed by atoms with van der Waals surface area (Å²) in [4.78, 5) is 0. The van der Waals surface area contributed by atoms with E-state index in [4.69, 9.17) is 4.74 Å². The SMILES string of the molecule is CNCCC(F)(F)c1ccc(OC)cc1. The summed E-state index contributed by atoms with van der Waals surface area (Å²) in [5.74, 6) is -2.20. The second kappa shape index (κ2) is 5.07. The second-order valence-corrected chi connectivity index (χ2v) is 3.29. The van der Waals surface area contributed by atoms with Gasteiger partial charge in [-0.15, -0.1) is 0 Å². The van der Waals surface area contributed by atoms with Gasteiger partial charge in [0.15, 0.2) is 0 Å². The predicted molar refractivity (Wildman–Crippen MR) is 55.4 cm³/mol. The first-order chi connectivity index (χ1) is 7.10. The first-order valence-corrected chi connectivity index (χ1v) is 4.77. The molecule has 0 aliphatic heterocycles. The van der Waals surface area contributed by atoms with E-state index in [9.17, 15) is 8.78 Å². The third-order valence-corrected chi connectivity index (χ3v) is 2.20. The zero-order valence-corrected chi connectivity index (χ0v) is 8.89. The van der Waals surface area contributed by atoms with Gasteiger partial charge in [0.1, 0.15) is 5.75 Å². The molecule has 84 valence electrons. The highest BCUT2D eigenvalue weighted by Crippen LogP contribution is 2.32. The molecular weight excluding hydrogens is 200 g/mol. The van der Waals surface area contributed by atoms with E-state index in [1.54, 1.807) is 19.2 Å². The topological polar surface area (TPSA) is 21.3 Å². The van der Waals surface area contributed by atoms with E-state index in [0.717, 1.165) is 0 Å². The maximum Gasteiger partial charge on any atom is 0.274 e. The summed E-state index contributed by atoms with van der Waals surface area (Å²) in [5.41, 5.74) is 0.0264. The average molecular weight is 215 g/mol. The number of hydrogen-bond donors (Lipinski definition) is 1. The number of nitrogens with one attached hydrogen (secondary N) is 1. The molecule has 0 saturated carbocycles. The molecular formula is C11H15F2NO. The molecule has 0 unspecified atom stereocenters. The van der Waals surface area contributed by atoms with Gasteiger partial charge in [0, 0.05) is 18.5 Å². The summed E-state index contributed by atoms with van der Waals surface area (Å²) in [7, 11) is 3.16. The molecule has 0 bridgehead atoms.